The fourth-order valence-electron chi connectivity index (χ4n) is 3.44. The Labute approximate surface area is 127 Å². The molecule has 1 aromatic carbocycles. The van der Waals surface area contributed by atoms with Crippen LogP contribution in [0.4, 0.5) is 0 Å². The van der Waals surface area contributed by atoms with E-state index in [1.54, 1.807) is 0 Å². The van der Waals surface area contributed by atoms with Gasteiger partial charge in [-0.2, -0.15) is 0 Å². The quantitative estimate of drug-likeness (QED) is 0.840. The molecule has 1 aliphatic heterocycles. The highest BCUT2D eigenvalue weighted by Gasteiger charge is 2.12. The minimum Gasteiger partial charge on any atom is -0.379 e. The molecule has 0 atom stereocenters. The normalized spacial score (nSPS) is 16.7. The maximum absolute atomic E-state index is 5.41. The highest BCUT2D eigenvalue weighted by Crippen LogP contribution is 2.25. The van der Waals surface area contributed by atoms with E-state index in [-0.39, 0.29) is 0 Å². The second-order valence-electron chi connectivity index (χ2n) is 5.99. The monoisotopic (exact) mass is 286 g/mol. The maximum atomic E-state index is 5.41. The van der Waals surface area contributed by atoms with Crippen molar-refractivity contribution in [1.29, 1.82) is 0 Å². The van der Waals surface area contributed by atoms with Gasteiger partial charge in [-0.15, -0.1) is 0 Å². The van der Waals surface area contributed by atoms with Crippen molar-refractivity contribution in [3.8, 4) is 0 Å². The molecule has 3 rings (SSSR count). The minimum absolute atomic E-state index is 0.897. The van der Waals surface area contributed by atoms with Crippen LogP contribution in [0.5, 0.6) is 0 Å². The summed E-state index contributed by atoms with van der Waals surface area (Å²) in [7, 11) is 2.17. The molecule has 21 heavy (non-hydrogen) atoms. The maximum Gasteiger partial charge on any atom is 0.0594 e. The zero-order chi connectivity index (χ0) is 14.7. The molecule has 1 saturated heterocycles. The largest absolute Gasteiger partial charge is 0.379 e. The summed E-state index contributed by atoms with van der Waals surface area (Å²) >= 11 is 0. The van der Waals surface area contributed by atoms with Crippen LogP contribution >= 0.6 is 0 Å². The summed E-state index contributed by atoms with van der Waals surface area (Å²) in [6.07, 6.45) is 5.82. The van der Waals surface area contributed by atoms with Gasteiger partial charge in [-0.3, -0.25) is 4.90 Å². The third kappa shape index (κ3) is 3.14. The van der Waals surface area contributed by atoms with Crippen LogP contribution in [0.25, 0.3) is 10.9 Å². The van der Waals surface area contributed by atoms with E-state index in [0.29, 0.717) is 0 Å². The van der Waals surface area contributed by atoms with Gasteiger partial charge in [-0.1, -0.05) is 25.1 Å². The number of aryl methyl sites for hydroxylation is 3. The number of para-hydroxylation sites is 1. The van der Waals surface area contributed by atoms with E-state index in [1.165, 1.54) is 41.4 Å². The van der Waals surface area contributed by atoms with Crippen molar-refractivity contribution in [3.63, 3.8) is 0 Å². The van der Waals surface area contributed by atoms with E-state index in [0.717, 1.165) is 32.7 Å². The summed E-state index contributed by atoms with van der Waals surface area (Å²) in [5, 5.41) is 1.44. The summed E-state index contributed by atoms with van der Waals surface area (Å²) in [4.78, 5) is 2.52. The first-order valence-electron chi connectivity index (χ1n) is 8.15. The fraction of sp³-hybridized carbons (Fsp3) is 0.556. The Hall–Kier alpha value is -1.32. The molecule has 3 heteroatoms. The first kappa shape index (κ1) is 14.6. The van der Waals surface area contributed by atoms with E-state index < -0.39 is 0 Å². The second kappa shape index (κ2) is 6.63. The fourth-order valence-corrected chi connectivity index (χ4v) is 3.44. The van der Waals surface area contributed by atoms with E-state index in [4.69, 9.17) is 4.74 Å². The van der Waals surface area contributed by atoms with Crippen molar-refractivity contribution in [2.75, 3.05) is 32.8 Å². The number of hydrogen-bond acceptors (Lipinski definition) is 2. The second-order valence-corrected chi connectivity index (χ2v) is 5.99. The average molecular weight is 286 g/mol. The molecule has 0 unspecified atom stereocenters. The lowest BCUT2D eigenvalue weighted by molar-refractivity contribution is 0.0375. The van der Waals surface area contributed by atoms with E-state index in [1.807, 2.05) is 0 Å². The van der Waals surface area contributed by atoms with Crippen LogP contribution in [0.1, 0.15) is 24.5 Å². The highest BCUT2D eigenvalue weighted by atomic mass is 16.5. The van der Waals surface area contributed by atoms with Crippen LogP contribution in [-0.4, -0.2) is 42.3 Å². The van der Waals surface area contributed by atoms with Gasteiger partial charge < -0.3 is 9.30 Å². The molecule has 3 nitrogen and oxygen atoms in total. The van der Waals surface area contributed by atoms with Gasteiger partial charge in [0, 0.05) is 31.7 Å². The molecule has 114 valence electrons. The molecule has 1 aliphatic rings. The Morgan fingerprint density at radius 1 is 1.14 bits per heavy atom. The van der Waals surface area contributed by atoms with Crippen LogP contribution in [0, 0.1) is 0 Å². The van der Waals surface area contributed by atoms with Crippen molar-refractivity contribution in [1.82, 2.24) is 9.47 Å². The minimum atomic E-state index is 0.897. The molecular formula is C18H26N2O. The molecule has 1 aromatic heterocycles. The van der Waals surface area contributed by atoms with Gasteiger partial charge in [0.05, 0.1) is 18.7 Å². The Balaban J connectivity index is 1.69. The van der Waals surface area contributed by atoms with Crippen LogP contribution in [0.3, 0.4) is 0 Å². The SMILES string of the molecule is CCc1cccc2c(CCCN3CCOCC3)cn(C)c12. The molecule has 1 fully saturated rings. The van der Waals surface area contributed by atoms with Crippen molar-refractivity contribution < 1.29 is 4.74 Å². The summed E-state index contributed by atoms with van der Waals surface area (Å²) in [5.74, 6) is 0. The number of ether oxygens (including phenoxy) is 1. The molecule has 0 radical (unpaired) electrons. The molecule has 0 saturated carbocycles. The Morgan fingerprint density at radius 3 is 2.71 bits per heavy atom. The first-order chi connectivity index (χ1) is 10.3. The van der Waals surface area contributed by atoms with Gasteiger partial charge in [-0.05, 0) is 36.9 Å². The molecule has 0 aliphatic carbocycles. The van der Waals surface area contributed by atoms with E-state index in [2.05, 4.69) is 47.8 Å². The lowest BCUT2D eigenvalue weighted by Gasteiger charge is -2.26. The lowest BCUT2D eigenvalue weighted by Crippen LogP contribution is -2.36. The predicted octanol–water partition coefficient (Wildman–Crippen LogP) is 3.01. The highest BCUT2D eigenvalue weighted by molar-refractivity contribution is 5.86. The van der Waals surface area contributed by atoms with Crippen LogP contribution in [0.15, 0.2) is 24.4 Å². The molecule has 2 aromatic rings. The van der Waals surface area contributed by atoms with Gasteiger partial charge >= 0.3 is 0 Å². The van der Waals surface area contributed by atoms with Crippen LogP contribution in [0.2, 0.25) is 0 Å². The summed E-state index contributed by atoms with van der Waals surface area (Å²) in [6, 6.07) is 6.73. The standard InChI is InChI=1S/C18H26N2O/c1-3-15-6-4-8-17-16(14-19(2)18(15)17)7-5-9-20-10-12-21-13-11-20/h4,6,8,14H,3,5,7,9-13H2,1-2H3. The molecule has 0 amide bonds. The zero-order valence-corrected chi connectivity index (χ0v) is 13.3. The van der Waals surface area contributed by atoms with E-state index >= 15 is 0 Å². The molecular weight excluding hydrogens is 260 g/mol. The third-order valence-corrected chi connectivity index (χ3v) is 4.57. The predicted molar refractivity (Wildman–Crippen MR) is 87.9 cm³/mol. The van der Waals surface area contributed by atoms with Gasteiger partial charge in [0.15, 0.2) is 0 Å². The molecule has 0 N–H and O–H groups in total. The smallest absolute Gasteiger partial charge is 0.0594 e. The number of benzene rings is 1. The number of rotatable bonds is 5. The third-order valence-electron chi connectivity index (χ3n) is 4.57. The van der Waals surface area contributed by atoms with Crippen molar-refractivity contribution in [2.45, 2.75) is 26.2 Å². The van der Waals surface area contributed by atoms with Gasteiger partial charge in [0.2, 0.25) is 0 Å². The zero-order valence-electron chi connectivity index (χ0n) is 13.3. The van der Waals surface area contributed by atoms with Crippen LogP contribution < -0.4 is 0 Å². The summed E-state index contributed by atoms with van der Waals surface area (Å²) in [6.45, 7) is 7.40. The van der Waals surface area contributed by atoms with Crippen LogP contribution in [-0.2, 0) is 24.6 Å². The molecule has 0 bridgehead atoms. The van der Waals surface area contributed by atoms with Crippen molar-refractivity contribution in [2.24, 2.45) is 7.05 Å². The van der Waals surface area contributed by atoms with E-state index in [9.17, 15) is 0 Å². The number of hydrogen-bond donors (Lipinski definition) is 0. The first-order valence-corrected chi connectivity index (χ1v) is 8.15. The summed E-state index contributed by atoms with van der Waals surface area (Å²) < 4.78 is 7.71. The lowest BCUT2D eigenvalue weighted by atomic mass is 10.0. The number of aromatic nitrogens is 1. The number of fused-ring (bicyclic) bond motifs is 1. The number of morpholine rings is 1. The van der Waals surface area contributed by atoms with Gasteiger partial charge in [-0.25, -0.2) is 0 Å². The Kier molecular flexibility index (Phi) is 4.61. The average Bonchev–Trinajstić information content (AvgIpc) is 2.85. The molecule has 0 spiro atoms. The topological polar surface area (TPSA) is 17.4 Å². The molecule has 2 heterocycles. The van der Waals surface area contributed by atoms with Gasteiger partial charge in [0.25, 0.3) is 0 Å². The van der Waals surface area contributed by atoms with Gasteiger partial charge in [0.1, 0.15) is 0 Å². The number of nitrogens with zero attached hydrogens (tertiary/aromatic N) is 2. The Bertz CT molecular complexity index is 597. The van der Waals surface area contributed by atoms with Crippen molar-refractivity contribution >= 4 is 10.9 Å². The summed E-state index contributed by atoms with van der Waals surface area (Å²) in [5.41, 5.74) is 4.37. The Morgan fingerprint density at radius 2 is 1.95 bits per heavy atom. The van der Waals surface area contributed by atoms with Crippen molar-refractivity contribution in [3.05, 3.63) is 35.5 Å².